The van der Waals surface area contributed by atoms with Crippen LogP contribution in [0.2, 0.25) is 0 Å². The van der Waals surface area contributed by atoms with E-state index in [0.29, 0.717) is 19.0 Å². The Bertz CT molecular complexity index is 1020. The van der Waals surface area contributed by atoms with Crippen LogP contribution >= 0.6 is 0 Å². The number of carbonyl (C=O) groups excluding carboxylic acids is 5. The maximum absolute atomic E-state index is 13.0. The number of benzene rings is 1. The smallest absolute Gasteiger partial charge is 0.407 e. The first kappa shape index (κ1) is 27.2. The van der Waals surface area contributed by atoms with Crippen LogP contribution in [-0.2, 0) is 14.3 Å². The first-order valence-corrected chi connectivity index (χ1v) is 12.5. The molecule has 10 nitrogen and oxygen atoms in total. The Labute approximate surface area is 211 Å². The molecule has 1 aromatic carbocycles. The number of amides is 5. The van der Waals surface area contributed by atoms with Gasteiger partial charge in [0.1, 0.15) is 11.8 Å². The van der Waals surface area contributed by atoms with Crippen molar-refractivity contribution < 1.29 is 33.4 Å². The Balaban J connectivity index is 1.38. The van der Waals surface area contributed by atoms with Crippen LogP contribution in [0.1, 0.15) is 92.9 Å². The van der Waals surface area contributed by atoms with Crippen LogP contribution in [0.3, 0.4) is 0 Å². The molecule has 2 aliphatic heterocycles. The van der Waals surface area contributed by atoms with Crippen LogP contribution in [0.25, 0.3) is 0 Å². The third-order valence-electron chi connectivity index (χ3n) is 5.94. The Morgan fingerprint density at radius 1 is 1.00 bits per heavy atom. The van der Waals surface area contributed by atoms with Gasteiger partial charge < -0.3 is 14.8 Å². The number of ether oxygens (including phenoxy) is 2. The second-order valence-electron chi connectivity index (χ2n) is 10.1. The Morgan fingerprint density at radius 2 is 1.67 bits per heavy atom. The highest BCUT2D eigenvalue weighted by molar-refractivity contribution is 6.24. The van der Waals surface area contributed by atoms with Crippen molar-refractivity contribution in [1.82, 2.24) is 15.5 Å². The van der Waals surface area contributed by atoms with Gasteiger partial charge in [0, 0.05) is 12.0 Å². The first-order chi connectivity index (χ1) is 17.1. The molecular weight excluding hydrogens is 466 g/mol. The summed E-state index contributed by atoms with van der Waals surface area (Å²) in [5.41, 5.74) is 0.0673. The van der Waals surface area contributed by atoms with Crippen molar-refractivity contribution in [2.45, 2.75) is 83.7 Å². The van der Waals surface area contributed by atoms with Crippen molar-refractivity contribution in [2.24, 2.45) is 0 Å². The summed E-state index contributed by atoms with van der Waals surface area (Å²) in [5.74, 6) is -1.84. The molecule has 3 rings (SSSR count). The minimum atomic E-state index is -0.999. The summed E-state index contributed by atoms with van der Waals surface area (Å²) in [5, 5.41) is 4.95. The second-order valence-corrected chi connectivity index (χ2v) is 10.1. The minimum absolute atomic E-state index is 0.0761. The van der Waals surface area contributed by atoms with Crippen molar-refractivity contribution in [1.29, 1.82) is 0 Å². The van der Waals surface area contributed by atoms with Crippen LogP contribution in [0.5, 0.6) is 5.75 Å². The maximum atomic E-state index is 13.0. The van der Waals surface area contributed by atoms with E-state index in [1.165, 1.54) is 0 Å². The van der Waals surface area contributed by atoms with Gasteiger partial charge >= 0.3 is 6.09 Å². The number of piperidine rings is 1. The third-order valence-corrected chi connectivity index (χ3v) is 5.94. The molecule has 196 valence electrons. The van der Waals surface area contributed by atoms with Gasteiger partial charge in [0.25, 0.3) is 11.8 Å². The molecule has 5 amide bonds. The largest absolute Gasteiger partial charge is 0.493 e. The Hall–Kier alpha value is -3.43. The van der Waals surface area contributed by atoms with Gasteiger partial charge in [-0.15, -0.1) is 0 Å². The van der Waals surface area contributed by atoms with Crippen molar-refractivity contribution in [3.63, 3.8) is 0 Å². The molecule has 1 saturated heterocycles. The summed E-state index contributed by atoms with van der Waals surface area (Å²) in [6, 6.07) is 3.84. The molecular formula is C26H35N3O7. The molecule has 1 unspecified atom stereocenters. The predicted octanol–water partition coefficient (Wildman–Crippen LogP) is 3.33. The first-order valence-electron chi connectivity index (χ1n) is 12.5. The number of nitrogens with one attached hydrogen (secondary N) is 2. The summed E-state index contributed by atoms with van der Waals surface area (Å²) in [6.45, 7) is 6.49. The molecule has 2 heterocycles. The molecule has 10 heteroatoms. The monoisotopic (exact) mass is 501 g/mol. The number of carbonyl (C=O) groups is 5. The van der Waals surface area contributed by atoms with Gasteiger partial charge in [0.2, 0.25) is 11.8 Å². The van der Waals surface area contributed by atoms with Gasteiger partial charge in [0.05, 0.1) is 24.3 Å². The Morgan fingerprint density at radius 3 is 2.33 bits per heavy atom. The highest BCUT2D eigenvalue weighted by atomic mass is 16.5. The average Bonchev–Trinajstić information content (AvgIpc) is 3.05. The molecule has 2 aliphatic rings. The predicted molar refractivity (Wildman–Crippen MR) is 131 cm³/mol. The fourth-order valence-corrected chi connectivity index (χ4v) is 4.20. The fraction of sp³-hybridized carbons (Fsp3) is 0.577. The van der Waals surface area contributed by atoms with Crippen molar-refractivity contribution in [3.05, 3.63) is 29.3 Å². The van der Waals surface area contributed by atoms with Crippen molar-refractivity contribution in [2.75, 3.05) is 13.2 Å². The molecule has 0 aliphatic carbocycles. The lowest BCUT2D eigenvalue weighted by Crippen LogP contribution is -2.54. The SMILES string of the molecule is CC(C)(C)NC(=O)OCCCCCCCCOc1cccc2c1C(=O)N(C1CCC(=O)NC1=O)C2=O. The van der Waals surface area contributed by atoms with Gasteiger partial charge in [-0.3, -0.25) is 29.4 Å². The number of unbranched alkanes of at least 4 members (excludes halogenated alkanes) is 5. The van der Waals surface area contributed by atoms with Crippen molar-refractivity contribution in [3.8, 4) is 5.75 Å². The summed E-state index contributed by atoms with van der Waals surface area (Å²) in [7, 11) is 0. The van der Waals surface area contributed by atoms with Crippen LogP contribution in [0.15, 0.2) is 18.2 Å². The number of alkyl carbamates (subject to hydrolysis) is 1. The zero-order chi connectivity index (χ0) is 26.3. The zero-order valence-electron chi connectivity index (χ0n) is 21.2. The minimum Gasteiger partial charge on any atom is -0.493 e. The molecule has 0 aromatic heterocycles. The van der Waals surface area contributed by atoms with Gasteiger partial charge in [-0.2, -0.15) is 0 Å². The van der Waals surface area contributed by atoms with Gasteiger partial charge in [-0.25, -0.2) is 4.79 Å². The molecule has 0 bridgehead atoms. The zero-order valence-corrected chi connectivity index (χ0v) is 21.2. The molecule has 0 spiro atoms. The molecule has 1 atom stereocenters. The molecule has 1 fully saturated rings. The van der Waals surface area contributed by atoms with Gasteiger partial charge in [-0.1, -0.05) is 31.7 Å². The third kappa shape index (κ3) is 7.05. The summed E-state index contributed by atoms with van der Waals surface area (Å²) in [6.07, 6.45) is 5.31. The number of hydrogen-bond acceptors (Lipinski definition) is 7. The standard InChI is InChI=1S/C26H35N3O7/c1-26(2,3)28-25(34)36-16-9-7-5-4-6-8-15-35-19-12-10-11-17-21(19)24(33)29(23(17)32)18-13-14-20(30)27-22(18)31/h10-12,18H,4-9,13-16H2,1-3H3,(H,28,34)(H,27,30,31). The lowest BCUT2D eigenvalue weighted by atomic mass is 10.0. The second kappa shape index (κ2) is 12.0. The van der Waals surface area contributed by atoms with Crippen LogP contribution in [0, 0.1) is 0 Å². The normalized spacial score (nSPS) is 17.6. The van der Waals surface area contributed by atoms with Crippen LogP contribution < -0.4 is 15.4 Å². The van der Waals surface area contributed by atoms with Gasteiger partial charge in [0.15, 0.2) is 0 Å². The van der Waals surface area contributed by atoms with E-state index in [2.05, 4.69) is 10.6 Å². The quantitative estimate of drug-likeness (QED) is 0.351. The van der Waals surface area contributed by atoms with E-state index in [1.54, 1.807) is 18.2 Å². The number of fused-ring (bicyclic) bond motifs is 1. The summed E-state index contributed by atoms with van der Waals surface area (Å²) in [4.78, 5) is 62.1. The van der Waals surface area contributed by atoms with Crippen LogP contribution in [-0.4, -0.2) is 59.4 Å². The number of nitrogens with zero attached hydrogens (tertiary/aromatic N) is 1. The molecule has 0 radical (unpaired) electrons. The van der Waals surface area contributed by atoms with E-state index in [1.807, 2.05) is 20.8 Å². The number of hydrogen-bond donors (Lipinski definition) is 2. The average molecular weight is 502 g/mol. The number of rotatable bonds is 11. The number of imide groups is 2. The van der Waals surface area contributed by atoms with E-state index < -0.39 is 35.8 Å². The maximum Gasteiger partial charge on any atom is 0.407 e. The highest BCUT2D eigenvalue weighted by Gasteiger charge is 2.45. The van der Waals surface area contributed by atoms with E-state index in [-0.39, 0.29) is 29.5 Å². The molecule has 2 N–H and O–H groups in total. The van der Waals surface area contributed by atoms with E-state index >= 15 is 0 Å². The summed E-state index contributed by atoms with van der Waals surface area (Å²) >= 11 is 0. The Kier molecular flexibility index (Phi) is 9.06. The van der Waals surface area contributed by atoms with Gasteiger partial charge in [-0.05, 0) is 52.2 Å². The summed E-state index contributed by atoms with van der Waals surface area (Å²) < 4.78 is 11.0. The van der Waals surface area contributed by atoms with E-state index in [4.69, 9.17) is 9.47 Å². The highest BCUT2D eigenvalue weighted by Crippen LogP contribution is 2.33. The molecule has 0 saturated carbocycles. The van der Waals surface area contributed by atoms with E-state index in [9.17, 15) is 24.0 Å². The van der Waals surface area contributed by atoms with E-state index in [0.717, 1.165) is 43.4 Å². The molecule has 1 aromatic rings. The molecule has 36 heavy (non-hydrogen) atoms. The lowest BCUT2D eigenvalue weighted by molar-refractivity contribution is -0.136. The fourth-order valence-electron chi connectivity index (χ4n) is 4.20. The van der Waals surface area contributed by atoms with Crippen LogP contribution in [0.4, 0.5) is 4.79 Å². The topological polar surface area (TPSA) is 131 Å². The van der Waals surface area contributed by atoms with Crippen molar-refractivity contribution >= 4 is 29.7 Å². The lowest BCUT2D eigenvalue weighted by Gasteiger charge is -2.27.